The number of aromatic nitrogens is 2. The molecule has 0 N–H and O–H groups in total. The van der Waals surface area contributed by atoms with E-state index in [1.54, 1.807) is 49.0 Å². The van der Waals surface area contributed by atoms with Crippen LogP contribution in [-0.4, -0.2) is 24.2 Å². The van der Waals surface area contributed by atoms with Gasteiger partial charge >= 0.3 is 5.82 Å². The Bertz CT molecular complexity index is 2440. The average molecular weight is 813 g/mol. The zero-order chi connectivity index (χ0) is 38.6. The highest BCUT2D eigenvalue weighted by molar-refractivity contribution is 7.25. The number of fused-ring (bicyclic) bond motifs is 8. The Morgan fingerprint density at radius 1 is 0.679 bits per heavy atom. The molecule has 0 unspecified atom stereocenters. The van der Waals surface area contributed by atoms with Crippen molar-refractivity contribution < 1.29 is 18.9 Å². The Morgan fingerprint density at radius 2 is 1.12 bits per heavy atom. The first-order valence-corrected chi connectivity index (χ1v) is 21.6. The summed E-state index contributed by atoms with van der Waals surface area (Å²) in [5.41, 5.74) is 2.70. The number of hydrogen-bond acceptors (Lipinski definition) is 12. The maximum atomic E-state index is 9.39. The summed E-state index contributed by atoms with van der Waals surface area (Å²) < 4.78 is 26.0. The van der Waals surface area contributed by atoms with Crippen LogP contribution < -0.4 is 18.9 Å². The molecule has 2 aliphatic carbocycles. The summed E-state index contributed by atoms with van der Waals surface area (Å²) in [6.45, 7) is 14.7. The van der Waals surface area contributed by atoms with Gasteiger partial charge in [0, 0.05) is 27.0 Å². The number of thiophene rings is 2. The third kappa shape index (κ3) is 5.88. The fraction of sp³-hybridized carbons (Fsp3) is 0.333. The summed E-state index contributed by atoms with van der Waals surface area (Å²) in [6, 6.07) is 11.9. The van der Waals surface area contributed by atoms with E-state index in [0.717, 1.165) is 138 Å². The van der Waals surface area contributed by atoms with Crippen LogP contribution in [0, 0.1) is 35.8 Å². The molecule has 278 valence electrons. The van der Waals surface area contributed by atoms with Crippen molar-refractivity contribution in [2.75, 3.05) is 14.2 Å². The third-order valence-corrected chi connectivity index (χ3v) is 15.5. The van der Waals surface area contributed by atoms with Crippen molar-refractivity contribution in [2.24, 2.45) is 0 Å². The molecule has 0 amide bonds. The number of rotatable bonds is 6. The summed E-state index contributed by atoms with van der Waals surface area (Å²) in [5.74, 6) is 2.91. The predicted octanol–water partition coefficient (Wildman–Crippen LogP) is 12.1. The highest BCUT2D eigenvalue weighted by atomic mass is 32.1. The monoisotopic (exact) mass is 812 g/mol. The Kier molecular flexibility index (Phi) is 9.19. The molecule has 4 aliphatic rings. The molecule has 0 radical (unpaired) electrons. The molecule has 14 heteroatoms. The molecule has 0 atom stereocenters. The number of benzene rings is 1. The molecule has 2 aliphatic heterocycles. The number of methoxy groups -OCH3 is 2. The molecule has 56 heavy (non-hydrogen) atoms. The Labute approximate surface area is 340 Å². The van der Waals surface area contributed by atoms with E-state index in [1.165, 1.54) is 22.7 Å². The van der Waals surface area contributed by atoms with Gasteiger partial charge in [-0.15, -0.1) is 45.3 Å². The minimum atomic E-state index is -0.572. The number of hydrogen-bond donors (Lipinski definition) is 0. The van der Waals surface area contributed by atoms with E-state index in [4.69, 9.17) is 42.1 Å². The number of allylic oxidation sites excluding steroid dienone is 1. The highest BCUT2D eigenvalue weighted by Gasteiger charge is 2.49. The summed E-state index contributed by atoms with van der Waals surface area (Å²) in [7, 11) is 3.25. The smallest absolute Gasteiger partial charge is 0.495 e. The molecular formula is C42H32N6O4S4. The standard InChI is InChI=1S/C42H32N6O4S4/c1-45-32(46-2)18-25-17-31(50-4)36(54-25)40-48-38-34(56-40)27-20-28-26(19-29(27)52-42(38)13-9-6-10-14-42)33-37(41(51-28)11-7-5-8-12-41)47-39(55-33)35-30(49-3)16-24(53-35)15-23(21-43)22-44/h15-20H,5-14H2,3-4H3. The van der Waals surface area contributed by atoms with Crippen molar-refractivity contribution in [3.8, 4) is 75.8 Å². The van der Waals surface area contributed by atoms with Crippen molar-refractivity contribution in [3.05, 3.63) is 79.6 Å². The third-order valence-electron chi connectivity index (χ3n) is 10.9. The topological polar surface area (TPSA) is 119 Å². The van der Waals surface area contributed by atoms with Crippen molar-refractivity contribution in [2.45, 2.75) is 75.4 Å². The van der Waals surface area contributed by atoms with Crippen LogP contribution in [0.5, 0.6) is 23.0 Å². The van der Waals surface area contributed by atoms with Crippen LogP contribution in [-0.2, 0) is 11.2 Å². The van der Waals surface area contributed by atoms with E-state index < -0.39 is 11.2 Å². The van der Waals surface area contributed by atoms with Crippen LogP contribution in [0.15, 0.2) is 35.7 Å². The molecule has 6 heterocycles. The zero-order valence-corrected chi connectivity index (χ0v) is 33.8. The second-order valence-corrected chi connectivity index (χ2v) is 18.3. The van der Waals surface area contributed by atoms with Gasteiger partial charge in [0.05, 0.1) is 24.0 Å². The quantitative estimate of drug-likeness (QED) is 0.123. The van der Waals surface area contributed by atoms with Crippen molar-refractivity contribution in [1.29, 1.82) is 10.5 Å². The van der Waals surface area contributed by atoms with Crippen LogP contribution in [0.2, 0.25) is 0 Å². The fourth-order valence-corrected chi connectivity index (χ4v) is 13.0. The molecule has 2 spiro atoms. The van der Waals surface area contributed by atoms with Gasteiger partial charge in [-0.3, -0.25) is 0 Å². The number of ether oxygens (including phenoxy) is 4. The lowest BCUT2D eigenvalue weighted by atomic mass is 9.78. The SMILES string of the molecule is [C-]#[N+]C(=Cc1cc(OC)c(-c2nc3c(s2)-c2cc4c(cc2OC32CCCCC2)-c2sc(-c3sc(C=C(C#N)C#N)cc3OC)nc2C2(CCCCC2)O4)s1)[N+]#[C-]. The fourth-order valence-electron chi connectivity index (χ4n) is 8.32. The summed E-state index contributed by atoms with van der Waals surface area (Å²) in [4.78, 5) is 22.7. The van der Waals surface area contributed by atoms with Gasteiger partial charge in [-0.05, 0) is 81.7 Å². The normalized spacial score (nSPS) is 16.5. The first-order valence-electron chi connectivity index (χ1n) is 18.3. The van der Waals surface area contributed by atoms with E-state index in [2.05, 4.69) is 21.8 Å². The molecule has 9 rings (SSSR count). The molecular weight excluding hydrogens is 781 g/mol. The number of thiazole rings is 2. The minimum absolute atomic E-state index is 0.000298. The predicted molar refractivity (Wildman–Crippen MR) is 220 cm³/mol. The van der Waals surface area contributed by atoms with Crippen molar-refractivity contribution in [3.63, 3.8) is 0 Å². The van der Waals surface area contributed by atoms with Gasteiger partial charge in [0.15, 0.2) is 11.2 Å². The summed E-state index contributed by atoms with van der Waals surface area (Å²) >= 11 is 6.16. The van der Waals surface area contributed by atoms with Gasteiger partial charge in [-0.2, -0.15) is 20.2 Å². The average Bonchev–Trinajstić information content (AvgIpc) is 4.04. The van der Waals surface area contributed by atoms with Crippen LogP contribution in [0.4, 0.5) is 0 Å². The molecule has 2 fully saturated rings. The Hall–Kier alpha value is -5.48. The van der Waals surface area contributed by atoms with Crippen LogP contribution in [0.25, 0.3) is 62.5 Å². The maximum absolute atomic E-state index is 9.39. The summed E-state index contributed by atoms with van der Waals surface area (Å²) in [5, 5.41) is 20.4. The van der Waals surface area contributed by atoms with E-state index >= 15 is 0 Å². The molecule has 1 aromatic carbocycles. The van der Waals surface area contributed by atoms with Crippen molar-refractivity contribution in [1.82, 2.24) is 9.97 Å². The van der Waals surface area contributed by atoms with Gasteiger partial charge in [-0.1, -0.05) is 12.8 Å². The highest BCUT2D eigenvalue weighted by Crippen LogP contribution is 2.61. The van der Waals surface area contributed by atoms with Gasteiger partial charge in [0.2, 0.25) is 0 Å². The molecule has 0 bridgehead atoms. The van der Waals surface area contributed by atoms with Gasteiger partial charge in [0.25, 0.3) is 0 Å². The van der Waals surface area contributed by atoms with E-state index in [9.17, 15) is 10.5 Å². The Morgan fingerprint density at radius 3 is 1.54 bits per heavy atom. The molecule has 5 aromatic rings. The zero-order valence-electron chi connectivity index (χ0n) is 30.5. The number of nitriles is 2. The number of nitrogens with zero attached hydrogens (tertiary/aromatic N) is 6. The minimum Gasteiger partial charge on any atom is -0.495 e. The second kappa shape index (κ2) is 14.2. The lowest BCUT2D eigenvalue weighted by Crippen LogP contribution is -2.39. The van der Waals surface area contributed by atoms with Crippen LogP contribution >= 0.6 is 45.3 Å². The van der Waals surface area contributed by atoms with Gasteiger partial charge in [-0.25, -0.2) is 9.97 Å². The molecule has 10 nitrogen and oxygen atoms in total. The Balaban J connectivity index is 1.20. The molecule has 4 aromatic heterocycles. The molecule has 2 saturated carbocycles. The van der Waals surface area contributed by atoms with E-state index in [1.807, 2.05) is 24.3 Å². The lowest BCUT2D eigenvalue weighted by Gasteiger charge is -2.43. The summed E-state index contributed by atoms with van der Waals surface area (Å²) in [6.07, 6.45) is 13.1. The maximum Gasteiger partial charge on any atom is 0.520 e. The van der Waals surface area contributed by atoms with Gasteiger partial charge in [0.1, 0.15) is 85.0 Å². The van der Waals surface area contributed by atoms with Crippen LogP contribution in [0.3, 0.4) is 0 Å². The molecule has 0 saturated heterocycles. The van der Waals surface area contributed by atoms with E-state index in [-0.39, 0.29) is 11.4 Å². The first-order chi connectivity index (χ1) is 27.3. The largest absolute Gasteiger partial charge is 0.520 e. The second-order valence-electron chi connectivity index (χ2n) is 14.2. The van der Waals surface area contributed by atoms with Gasteiger partial charge < -0.3 is 18.9 Å². The van der Waals surface area contributed by atoms with E-state index in [0.29, 0.717) is 11.5 Å². The van der Waals surface area contributed by atoms with Crippen molar-refractivity contribution >= 4 is 57.5 Å². The van der Waals surface area contributed by atoms with Crippen LogP contribution in [0.1, 0.15) is 85.4 Å². The first kappa shape index (κ1) is 36.2. The lowest BCUT2D eigenvalue weighted by molar-refractivity contribution is 0.0164.